The van der Waals surface area contributed by atoms with E-state index in [1.807, 2.05) is 43.0 Å². The second-order valence-corrected chi connectivity index (χ2v) is 4.90. The third kappa shape index (κ3) is 4.62. The molecule has 20 heavy (non-hydrogen) atoms. The molecule has 0 radical (unpaired) electrons. The summed E-state index contributed by atoms with van der Waals surface area (Å²) in [5.41, 5.74) is 8.05. The molecule has 0 saturated heterocycles. The predicted octanol–water partition coefficient (Wildman–Crippen LogP) is 1.82. The van der Waals surface area contributed by atoms with Crippen molar-refractivity contribution in [3.05, 3.63) is 35.4 Å². The number of carbonyl (C=O) groups excluding carboxylic acids is 1. The summed E-state index contributed by atoms with van der Waals surface area (Å²) in [7, 11) is 1.68. The van der Waals surface area contributed by atoms with Crippen LogP contribution in [0.3, 0.4) is 0 Å². The normalized spacial score (nSPS) is 12.2. The lowest BCUT2D eigenvalue weighted by atomic mass is 9.97. The van der Waals surface area contributed by atoms with Crippen LogP contribution in [0.25, 0.3) is 0 Å². The Morgan fingerprint density at radius 3 is 2.20 bits per heavy atom. The van der Waals surface area contributed by atoms with Crippen molar-refractivity contribution < 1.29 is 9.53 Å². The molecule has 1 atom stereocenters. The summed E-state index contributed by atoms with van der Waals surface area (Å²) in [6.07, 6.45) is 0.694. The number of carbonyl (C=O) groups is 1. The van der Waals surface area contributed by atoms with Crippen LogP contribution in [0.2, 0.25) is 0 Å². The Kier molecular flexibility index (Phi) is 7.26. The third-order valence-electron chi connectivity index (χ3n) is 3.52. The zero-order chi connectivity index (χ0) is 15.0. The molecule has 0 bridgehead atoms. The molecule has 0 aromatic heterocycles. The fourth-order valence-corrected chi connectivity index (χ4v) is 2.29. The van der Waals surface area contributed by atoms with Crippen molar-refractivity contribution in [2.24, 2.45) is 11.7 Å². The van der Waals surface area contributed by atoms with Crippen LogP contribution in [0.5, 0.6) is 0 Å². The fourth-order valence-electron chi connectivity index (χ4n) is 2.29. The highest BCUT2D eigenvalue weighted by Gasteiger charge is 2.21. The topological polar surface area (TPSA) is 55.6 Å². The molecule has 4 nitrogen and oxygen atoms in total. The molecule has 0 aliphatic carbocycles. The van der Waals surface area contributed by atoms with Crippen molar-refractivity contribution in [1.29, 1.82) is 0 Å². The Morgan fingerprint density at radius 1 is 1.20 bits per heavy atom. The lowest BCUT2D eigenvalue weighted by molar-refractivity contribution is -0.134. The highest BCUT2D eigenvalue weighted by molar-refractivity contribution is 5.79. The van der Waals surface area contributed by atoms with Crippen LogP contribution < -0.4 is 5.73 Å². The molecule has 0 spiro atoms. The molecule has 112 valence electrons. The number of nitrogens with two attached hydrogens (primary N) is 1. The lowest BCUT2D eigenvalue weighted by Gasteiger charge is -2.24. The molecule has 0 heterocycles. The summed E-state index contributed by atoms with van der Waals surface area (Å²) in [4.78, 5) is 14.2. The summed E-state index contributed by atoms with van der Waals surface area (Å²) >= 11 is 0. The fraction of sp³-hybridized carbons (Fsp3) is 0.562. The molecule has 0 aliphatic rings. The van der Waals surface area contributed by atoms with Gasteiger partial charge in [-0.25, -0.2) is 0 Å². The van der Waals surface area contributed by atoms with Crippen molar-refractivity contribution in [2.45, 2.75) is 26.9 Å². The molecule has 1 unspecified atom stereocenters. The monoisotopic (exact) mass is 278 g/mol. The molecular weight excluding hydrogens is 252 g/mol. The molecule has 0 fully saturated rings. The second-order valence-electron chi connectivity index (χ2n) is 4.90. The maximum atomic E-state index is 12.3. The predicted molar refractivity (Wildman–Crippen MR) is 81.3 cm³/mol. The molecule has 2 N–H and O–H groups in total. The number of nitrogens with zero attached hydrogens (tertiary/aromatic N) is 1. The van der Waals surface area contributed by atoms with E-state index in [0.717, 1.165) is 24.2 Å². The number of hydrogen-bond acceptors (Lipinski definition) is 3. The first-order valence-electron chi connectivity index (χ1n) is 7.21. The molecule has 1 aromatic carbocycles. The van der Waals surface area contributed by atoms with Crippen molar-refractivity contribution in [3.8, 4) is 0 Å². The van der Waals surface area contributed by atoms with E-state index in [4.69, 9.17) is 10.5 Å². The van der Waals surface area contributed by atoms with E-state index in [0.29, 0.717) is 19.6 Å². The van der Waals surface area contributed by atoms with Gasteiger partial charge in [0.2, 0.25) is 5.91 Å². The highest BCUT2D eigenvalue weighted by Crippen LogP contribution is 2.13. The first-order chi connectivity index (χ1) is 9.65. The average molecular weight is 278 g/mol. The lowest BCUT2D eigenvalue weighted by Crippen LogP contribution is -2.39. The smallest absolute Gasteiger partial charge is 0.227 e. The van der Waals surface area contributed by atoms with Gasteiger partial charge in [0.15, 0.2) is 0 Å². The zero-order valence-electron chi connectivity index (χ0n) is 12.8. The van der Waals surface area contributed by atoms with Crippen molar-refractivity contribution >= 4 is 5.91 Å². The number of rotatable bonds is 8. The Morgan fingerprint density at radius 2 is 1.75 bits per heavy atom. The van der Waals surface area contributed by atoms with Gasteiger partial charge in [-0.15, -0.1) is 0 Å². The van der Waals surface area contributed by atoms with Gasteiger partial charge >= 0.3 is 0 Å². The molecule has 0 aliphatic heterocycles. The van der Waals surface area contributed by atoms with Gasteiger partial charge in [-0.3, -0.25) is 4.79 Å². The Balaban J connectivity index is 2.70. The van der Waals surface area contributed by atoms with Gasteiger partial charge in [0.25, 0.3) is 0 Å². The van der Waals surface area contributed by atoms with Crippen LogP contribution in [-0.2, 0) is 22.6 Å². The maximum absolute atomic E-state index is 12.3. The molecule has 0 saturated carbocycles. The van der Waals surface area contributed by atoms with Gasteiger partial charge in [-0.1, -0.05) is 24.3 Å². The van der Waals surface area contributed by atoms with Gasteiger partial charge in [-0.2, -0.15) is 0 Å². The van der Waals surface area contributed by atoms with Crippen LogP contribution in [-0.4, -0.2) is 37.6 Å². The van der Waals surface area contributed by atoms with E-state index in [1.165, 1.54) is 0 Å². The largest absolute Gasteiger partial charge is 0.380 e. The number of hydrogen-bond donors (Lipinski definition) is 1. The highest BCUT2D eigenvalue weighted by atomic mass is 16.5. The Bertz CT molecular complexity index is 399. The number of benzene rings is 1. The second kappa shape index (κ2) is 8.72. The third-order valence-corrected chi connectivity index (χ3v) is 3.52. The van der Waals surface area contributed by atoms with Crippen molar-refractivity contribution in [3.63, 3.8) is 0 Å². The standard InChI is InChI=1S/C16H26N2O2/c1-4-18(5-2)16(19)15(11-17)10-13-6-8-14(9-7-13)12-20-3/h6-9,15H,4-5,10-12,17H2,1-3H3. The van der Waals surface area contributed by atoms with Crippen molar-refractivity contribution in [2.75, 3.05) is 26.7 Å². The molecule has 1 rings (SSSR count). The molecule has 4 heteroatoms. The van der Waals surface area contributed by atoms with E-state index in [1.54, 1.807) is 7.11 Å². The number of amides is 1. The summed E-state index contributed by atoms with van der Waals surface area (Å²) in [5, 5.41) is 0. The first-order valence-corrected chi connectivity index (χ1v) is 7.21. The van der Waals surface area contributed by atoms with Crippen LogP contribution in [0.1, 0.15) is 25.0 Å². The minimum absolute atomic E-state index is 0.136. The summed E-state index contributed by atoms with van der Waals surface area (Å²) in [5.74, 6) is 0.0154. The molecule has 1 aromatic rings. The number of methoxy groups -OCH3 is 1. The van der Waals surface area contributed by atoms with Crippen LogP contribution in [0, 0.1) is 5.92 Å². The maximum Gasteiger partial charge on any atom is 0.227 e. The summed E-state index contributed by atoms with van der Waals surface area (Å²) in [6, 6.07) is 8.17. The summed E-state index contributed by atoms with van der Waals surface area (Å²) < 4.78 is 5.09. The molecule has 1 amide bonds. The van der Waals surface area contributed by atoms with Crippen LogP contribution in [0.4, 0.5) is 0 Å². The van der Waals surface area contributed by atoms with Crippen LogP contribution in [0.15, 0.2) is 24.3 Å². The minimum atomic E-state index is -0.136. The minimum Gasteiger partial charge on any atom is -0.380 e. The Hall–Kier alpha value is -1.39. The van der Waals surface area contributed by atoms with E-state index < -0.39 is 0 Å². The van der Waals surface area contributed by atoms with Gasteiger partial charge in [0.1, 0.15) is 0 Å². The van der Waals surface area contributed by atoms with E-state index in [2.05, 4.69) is 0 Å². The van der Waals surface area contributed by atoms with Gasteiger partial charge in [0, 0.05) is 26.7 Å². The quantitative estimate of drug-likeness (QED) is 0.789. The van der Waals surface area contributed by atoms with E-state index in [9.17, 15) is 4.79 Å². The van der Waals surface area contributed by atoms with Gasteiger partial charge < -0.3 is 15.4 Å². The Labute approximate surface area is 121 Å². The first kappa shape index (κ1) is 16.7. The zero-order valence-corrected chi connectivity index (χ0v) is 12.8. The van der Waals surface area contributed by atoms with Crippen molar-refractivity contribution in [1.82, 2.24) is 4.90 Å². The average Bonchev–Trinajstić information content (AvgIpc) is 2.48. The van der Waals surface area contributed by atoms with Crippen LogP contribution >= 0.6 is 0 Å². The van der Waals surface area contributed by atoms with E-state index in [-0.39, 0.29) is 11.8 Å². The van der Waals surface area contributed by atoms with E-state index >= 15 is 0 Å². The van der Waals surface area contributed by atoms with Gasteiger partial charge in [-0.05, 0) is 31.4 Å². The molecular formula is C16H26N2O2. The van der Waals surface area contributed by atoms with Gasteiger partial charge in [0.05, 0.1) is 12.5 Å². The summed E-state index contributed by atoms with van der Waals surface area (Å²) in [6.45, 7) is 6.45. The number of ether oxygens (including phenoxy) is 1. The SMILES string of the molecule is CCN(CC)C(=O)C(CN)Cc1ccc(COC)cc1.